The third-order valence-corrected chi connectivity index (χ3v) is 2.63. The fraction of sp³-hybridized carbons (Fsp3) is 0.714. The SMILES string of the molecule is O=N[N+]1(N=O)N=NNC2=C1CCCCC2. The Morgan fingerprint density at radius 1 is 1.13 bits per heavy atom. The predicted octanol–water partition coefficient (Wildman–Crippen LogP) is 2.23. The van der Waals surface area contributed by atoms with Crippen LogP contribution >= 0.6 is 0 Å². The maximum atomic E-state index is 10.7. The van der Waals surface area contributed by atoms with Crippen LogP contribution in [0.1, 0.15) is 32.1 Å². The second-order valence-corrected chi connectivity index (χ2v) is 3.52. The first-order chi connectivity index (χ1) is 7.32. The van der Waals surface area contributed by atoms with Gasteiger partial charge in [-0.3, -0.25) is 5.43 Å². The van der Waals surface area contributed by atoms with Gasteiger partial charge in [0.05, 0.1) is 5.70 Å². The van der Waals surface area contributed by atoms with Crippen LogP contribution < -0.4 is 5.43 Å². The van der Waals surface area contributed by atoms with Crippen molar-refractivity contribution in [1.29, 1.82) is 0 Å². The molecular weight excluding hydrogens is 200 g/mol. The lowest BCUT2D eigenvalue weighted by Gasteiger charge is -2.17. The molecule has 0 amide bonds. The summed E-state index contributed by atoms with van der Waals surface area (Å²) in [6, 6.07) is 0. The zero-order valence-corrected chi connectivity index (χ0v) is 8.09. The monoisotopic (exact) mass is 211 g/mol. The molecule has 15 heavy (non-hydrogen) atoms. The van der Waals surface area contributed by atoms with Crippen LogP contribution in [-0.2, 0) is 0 Å². The van der Waals surface area contributed by atoms with Crippen LogP contribution in [-0.4, -0.2) is 4.81 Å². The highest BCUT2D eigenvalue weighted by molar-refractivity contribution is 5.08. The molecule has 0 bridgehead atoms. The van der Waals surface area contributed by atoms with E-state index in [0.717, 1.165) is 31.4 Å². The zero-order valence-electron chi connectivity index (χ0n) is 8.09. The average molecular weight is 211 g/mol. The molecule has 1 N–H and O–H groups in total. The van der Waals surface area contributed by atoms with Gasteiger partial charge >= 0.3 is 0 Å². The molecule has 80 valence electrons. The maximum Gasteiger partial charge on any atom is 0.223 e. The van der Waals surface area contributed by atoms with E-state index in [2.05, 4.69) is 26.4 Å². The standard InChI is InChI=1S/C7H11N6O2/c14-11-13(12-15)7-5-3-1-2-4-6(7)8-9-10-13/h1-5H2,(H,8,10)/q+1. The van der Waals surface area contributed by atoms with Crippen molar-refractivity contribution in [2.75, 3.05) is 0 Å². The van der Waals surface area contributed by atoms with Crippen molar-refractivity contribution in [3.05, 3.63) is 21.2 Å². The molecule has 0 aromatic carbocycles. The van der Waals surface area contributed by atoms with Crippen molar-refractivity contribution in [3.8, 4) is 0 Å². The minimum Gasteiger partial charge on any atom is -0.254 e. The van der Waals surface area contributed by atoms with Crippen LogP contribution in [0.25, 0.3) is 0 Å². The number of hydrogen-bond donors (Lipinski definition) is 1. The molecule has 1 aliphatic heterocycles. The highest BCUT2D eigenvalue weighted by atomic mass is 16.4. The van der Waals surface area contributed by atoms with Crippen LogP contribution in [0.4, 0.5) is 0 Å². The number of nitrogens with zero attached hydrogens (tertiary/aromatic N) is 5. The number of allylic oxidation sites excluding steroid dienone is 2. The largest absolute Gasteiger partial charge is 0.254 e. The lowest BCUT2D eigenvalue weighted by Crippen LogP contribution is -2.35. The van der Waals surface area contributed by atoms with Crippen molar-refractivity contribution in [2.24, 2.45) is 21.0 Å². The Balaban J connectivity index is 2.42. The molecule has 1 heterocycles. The van der Waals surface area contributed by atoms with Gasteiger partial charge in [0.25, 0.3) is 0 Å². The Bertz CT molecular complexity index is 341. The van der Waals surface area contributed by atoms with Gasteiger partial charge in [-0.25, -0.2) is 0 Å². The second-order valence-electron chi connectivity index (χ2n) is 3.52. The molecule has 0 unspecified atom stereocenters. The summed E-state index contributed by atoms with van der Waals surface area (Å²) >= 11 is 0. The molecule has 0 atom stereocenters. The molecule has 2 aliphatic rings. The first kappa shape index (κ1) is 9.84. The van der Waals surface area contributed by atoms with E-state index in [4.69, 9.17) is 0 Å². The zero-order chi connectivity index (χ0) is 10.7. The number of nitrogens with one attached hydrogen (secondary N) is 1. The molecule has 1 aliphatic carbocycles. The van der Waals surface area contributed by atoms with E-state index in [0.29, 0.717) is 12.1 Å². The summed E-state index contributed by atoms with van der Waals surface area (Å²) in [6.45, 7) is 0. The summed E-state index contributed by atoms with van der Waals surface area (Å²) in [5, 5.41) is 12.3. The molecule has 0 saturated heterocycles. The van der Waals surface area contributed by atoms with E-state index >= 15 is 0 Å². The smallest absolute Gasteiger partial charge is 0.223 e. The molecule has 8 heteroatoms. The lowest BCUT2D eigenvalue weighted by atomic mass is 10.2. The van der Waals surface area contributed by atoms with Gasteiger partial charge in [-0.1, -0.05) is 16.2 Å². The molecule has 0 aromatic heterocycles. The quantitative estimate of drug-likeness (QED) is 0.560. The summed E-state index contributed by atoms with van der Waals surface area (Å²) in [5.41, 5.74) is 3.98. The summed E-state index contributed by atoms with van der Waals surface area (Å²) in [4.78, 5) is 20.2. The molecule has 0 radical (unpaired) electrons. The highest BCUT2D eigenvalue weighted by Gasteiger charge is 2.45. The van der Waals surface area contributed by atoms with Crippen molar-refractivity contribution in [2.45, 2.75) is 32.1 Å². The van der Waals surface area contributed by atoms with Crippen LogP contribution in [0, 0.1) is 9.81 Å². The van der Waals surface area contributed by atoms with Crippen molar-refractivity contribution in [1.82, 2.24) is 5.43 Å². The third kappa shape index (κ3) is 1.52. The van der Waals surface area contributed by atoms with Gasteiger partial charge in [0.15, 0.2) is 4.81 Å². The minimum atomic E-state index is -1.14. The number of hydrogen-bond acceptors (Lipinski definition) is 7. The van der Waals surface area contributed by atoms with Crippen LogP contribution in [0.5, 0.6) is 0 Å². The van der Waals surface area contributed by atoms with Gasteiger partial charge < -0.3 is 0 Å². The Morgan fingerprint density at radius 2 is 1.87 bits per heavy atom. The summed E-state index contributed by atoms with van der Waals surface area (Å²) < 4.78 is 0. The van der Waals surface area contributed by atoms with Crippen LogP contribution in [0.3, 0.4) is 0 Å². The molecule has 0 spiro atoms. The van der Waals surface area contributed by atoms with E-state index in [1.54, 1.807) is 0 Å². The molecule has 2 rings (SSSR count). The number of nitroso groups, excluding NO2 is 2. The molecule has 0 fully saturated rings. The van der Waals surface area contributed by atoms with E-state index in [1.807, 2.05) is 0 Å². The van der Waals surface area contributed by atoms with Gasteiger partial charge in [-0.2, -0.15) is 0 Å². The van der Waals surface area contributed by atoms with Crippen molar-refractivity contribution in [3.63, 3.8) is 0 Å². The fourth-order valence-corrected chi connectivity index (χ4v) is 1.86. The van der Waals surface area contributed by atoms with E-state index in [9.17, 15) is 9.81 Å². The van der Waals surface area contributed by atoms with Gasteiger partial charge in [0.1, 0.15) is 5.22 Å². The Hall–Kier alpha value is -1.70. The normalized spacial score (nSPS) is 23.7. The Kier molecular flexibility index (Phi) is 2.50. The number of quaternary nitrogens is 1. The topological polar surface area (TPSA) is 95.6 Å². The van der Waals surface area contributed by atoms with Gasteiger partial charge in [0, 0.05) is 6.42 Å². The molecule has 8 nitrogen and oxygen atoms in total. The van der Waals surface area contributed by atoms with Crippen molar-refractivity contribution < 1.29 is 4.81 Å². The molecule has 0 saturated carbocycles. The highest BCUT2D eigenvalue weighted by Crippen LogP contribution is 2.34. The molecular formula is C7H11N6O2+. The third-order valence-electron chi connectivity index (χ3n) is 2.63. The first-order valence-corrected chi connectivity index (χ1v) is 4.82. The maximum absolute atomic E-state index is 10.7. The van der Waals surface area contributed by atoms with Gasteiger partial charge in [0.2, 0.25) is 16.3 Å². The van der Waals surface area contributed by atoms with Crippen molar-refractivity contribution >= 4 is 0 Å². The van der Waals surface area contributed by atoms with Crippen LogP contribution in [0.15, 0.2) is 32.4 Å². The lowest BCUT2D eigenvalue weighted by molar-refractivity contribution is -0.924. The fourth-order valence-electron chi connectivity index (χ4n) is 1.86. The Morgan fingerprint density at radius 3 is 2.60 bits per heavy atom. The van der Waals surface area contributed by atoms with E-state index in [1.165, 1.54) is 0 Å². The number of rotatable bonds is 2. The van der Waals surface area contributed by atoms with E-state index in [-0.39, 0.29) is 0 Å². The van der Waals surface area contributed by atoms with Gasteiger partial charge in [-0.05, 0) is 24.5 Å². The predicted molar refractivity (Wildman–Crippen MR) is 50.0 cm³/mol. The summed E-state index contributed by atoms with van der Waals surface area (Å²) in [7, 11) is 0. The summed E-state index contributed by atoms with van der Waals surface area (Å²) in [6.07, 6.45) is 4.30. The average Bonchev–Trinajstić information content (AvgIpc) is 2.53. The second kappa shape index (κ2) is 3.81. The van der Waals surface area contributed by atoms with Crippen LogP contribution in [0.2, 0.25) is 0 Å². The molecule has 0 aromatic rings. The van der Waals surface area contributed by atoms with Gasteiger partial charge in [-0.15, -0.1) is 0 Å². The minimum absolute atomic E-state index is 0.521. The first-order valence-electron chi connectivity index (χ1n) is 4.82. The van der Waals surface area contributed by atoms with E-state index < -0.39 is 4.81 Å². The Labute approximate surface area is 85.5 Å². The summed E-state index contributed by atoms with van der Waals surface area (Å²) in [5.74, 6) is 0.